The zero-order chi connectivity index (χ0) is 11.3. The molecule has 0 aliphatic carbocycles. The van der Waals surface area contributed by atoms with Crippen molar-refractivity contribution in [2.24, 2.45) is 0 Å². The number of hydrogen-bond acceptors (Lipinski definition) is 2. The fourth-order valence-electron chi connectivity index (χ4n) is 1.25. The normalized spacial score (nSPS) is 11.5. The molecule has 15 heavy (non-hydrogen) atoms. The summed E-state index contributed by atoms with van der Waals surface area (Å²) in [5.41, 5.74) is 1.71. The van der Waals surface area contributed by atoms with E-state index in [1.54, 1.807) is 0 Å². The van der Waals surface area contributed by atoms with E-state index in [2.05, 4.69) is 13.2 Å². The van der Waals surface area contributed by atoms with E-state index in [1.165, 1.54) is 0 Å². The van der Waals surface area contributed by atoms with Gasteiger partial charge in [-0.05, 0) is 18.1 Å². The smallest absolute Gasteiger partial charge is 0.331 e. The third kappa shape index (κ3) is 3.09. The van der Waals surface area contributed by atoms with Gasteiger partial charge in [0.2, 0.25) is 0 Å². The molecule has 0 saturated carbocycles. The second-order valence-electron chi connectivity index (χ2n) is 3.28. The Morgan fingerprint density at radius 3 is 2.47 bits per heavy atom. The van der Waals surface area contributed by atoms with Crippen molar-refractivity contribution in [1.82, 2.24) is 0 Å². The van der Waals surface area contributed by atoms with Crippen LogP contribution in [0.25, 0.3) is 0 Å². The van der Waals surface area contributed by atoms with Crippen LogP contribution < -0.4 is 0 Å². The number of carbonyl (C=O) groups is 1. The molecule has 0 N–H and O–H groups in total. The van der Waals surface area contributed by atoms with Gasteiger partial charge in [-0.3, -0.25) is 0 Å². The summed E-state index contributed by atoms with van der Waals surface area (Å²) in [7, 11) is 0. The molecule has 0 saturated heterocycles. The topological polar surface area (TPSA) is 26.3 Å². The molecule has 0 fully saturated rings. The first kappa shape index (κ1) is 11.2. The zero-order valence-corrected chi connectivity index (χ0v) is 8.77. The Labute approximate surface area is 89.9 Å². The third-order valence-corrected chi connectivity index (χ3v) is 1.95. The molecule has 0 aliphatic heterocycles. The molecule has 1 atom stereocenters. The predicted molar refractivity (Wildman–Crippen MR) is 60.3 cm³/mol. The SMILES string of the molecule is C=CC(=O)OC(C(=C)C)c1ccccc1. The molecule has 2 heteroatoms. The highest BCUT2D eigenvalue weighted by Crippen LogP contribution is 2.24. The summed E-state index contributed by atoms with van der Waals surface area (Å²) in [5.74, 6) is -0.438. The van der Waals surface area contributed by atoms with Gasteiger partial charge in [0.25, 0.3) is 0 Å². The van der Waals surface area contributed by atoms with Crippen LogP contribution in [0.4, 0.5) is 0 Å². The van der Waals surface area contributed by atoms with Crippen molar-refractivity contribution < 1.29 is 9.53 Å². The highest BCUT2D eigenvalue weighted by atomic mass is 16.5. The van der Waals surface area contributed by atoms with Crippen LogP contribution >= 0.6 is 0 Å². The zero-order valence-electron chi connectivity index (χ0n) is 8.77. The highest BCUT2D eigenvalue weighted by molar-refractivity contribution is 5.81. The molecule has 2 nitrogen and oxygen atoms in total. The van der Waals surface area contributed by atoms with Crippen molar-refractivity contribution in [3.63, 3.8) is 0 Å². The Morgan fingerprint density at radius 2 is 2.00 bits per heavy atom. The Kier molecular flexibility index (Phi) is 3.86. The van der Waals surface area contributed by atoms with Crippen LogP contribution in [0.2, 0.25) is 0 Å². The fraction of sp³-hybridized carbons (Fsp3) is 0.154. The summed E-state index contributed by atoms with van der Waals surface area (Å²) < 4.78 is 5.19. The average molecular weight is 202 g/mol. The second-order valence-corrected chi connectivity index (χ2v) is 3.28. The molecule has 0 aliphatic rings. The molecular formula is C13H14O2. The van der Waals surface area contributed by atoms with E-state index in [0.29, 0.717) is 0 Å². The fourth-order valence-corrected chi connectivity index (χ4v) is 1.25. The molecular weight excluding hydrogens is 188 g/mol. The molecule has 1 aromatic carbocycles. The summed E-state index contributed by atoms with van der Waals surface area (Å²) in [4.78, 5) is 11.1. The van der Waals surface area contributed by atoms with E-state index in [9.17, 15) is 4.79 Å². The van der Waals surface area contributed by atoms with Gasteiger partial charge >= 0.3 is 5.97 Å². The van der Waals surface area contributed by atoms with Crippen molar-refractivity contribution in [3.05, 3.63) is 60.7 Å². The van der Waals surface area contributed by atoms with Gasteiger partial charge in [0.15, 0.2) is 0 Å². The van der Waals surface area contributed by atoms with Crippen molar-refractivity contribution in [3.8, 4) is 0 Å². The Hall–Kier alpha value is -1.83. The summed E-state index contributed by atoms with van der Waals surface area (Å²) in [6, 6.07) is 9.50. The lowest BCUT2D eigenvalue weighted by molar-refractivity contribution is -0.141. The molecule has 1 unspecified atom stereocenters. The van der Waals surface area contributed by atoms with Crippen LogP contribution in [-0.4, -0.2) is 5.97 Å². The van der Waals surface area contributed by atoms with Crippen molar-refractivity contribution in [1.29, 1.82) is 0 Å². The number of ether oxygens (including phenoxy) is 1. The quantitative estimate of drug-likeness (QED) is 0.426. The standard InChI is InChI=1S/C13H14O2/c1-4-12(14)15-13(10(2)3)11-8-6-5-7-9-11/h4-9,13H,1-2H2,3H3. The van der Waals surface area contributed by atoms with Crippen LogP contribution in [0.3, 0.4) is 0 Å². The highest BCUT2D eigenvalue weighted by Gasteiger charge is 2.15. The maximum Gasteiger partial charge on any atom is 0.331 e. The van der Waals surface area contributed by atoms with Crippen LogP contribution in [0.1, 0.15) is 18.6 Å². The Morgan fingerprint density at radius 1 is 1.40 bits per heavy atom. The van der Waals surface area contributed by atoms with E-state index < -0.39 is 12.1 Å². The first-order valence-corrected chi connectivity index (χ1v) is 4.68. The van der Waals surface area contributed by atoms with E-state index >= 15 is 0 Å². The summed E-state index contributed by atoms with van der Waals surface area (Å²) in [6.07, 6.45) is 0.760. The minimum absolute atomic E-state index is 0.392. The lowest BCUT2D eigenvalue weighted by Crippen LogP contribution is -2.09. The van der Waals surface area contributed by atoms with Gasteiger partial charge in [0.1, 0.15) is 6.10 Å². The number of esters is 1. The largest absolute Gasteiger partial charge is 0.450 e. The third-order valence-electron chi connectivity index (χ3n) is 1.95. The van der Waals surface area contributed by atoms with E-state index in [1.807, 2.05) is 37.3 Å². The summed E-state index contributed by atoms with van der Waals surface area (Å²) in [6.45, 7) is 9.00. The van der Waals surface area contributed by atoms with E-state index in [0.717, 1.165) is 17.2 Å². The summed E-state index contributed by atoms with van der Waals surface area (Å²) >= 11 is 0. The van der Waals surface area contributed by atoms with Crippen molar-refractivity contribution in [2.75, 3.05) is 0 Å². The van der Waals surface area contributed by atoms with Gasteiger partial charge in [-0.1, -0.05) is 43.5 Å². The Balaban J connectivity index is 2.89. The number of rotatable bonds is 4. The van der Waals surface area contributed by atoms with Gasteiger partial charge in [-0.25, -0.2) is 4.79 Å². The van der Waals surface area contributed by atoms with Gasteiger partial charge < -0.3 is 4.74 Å². The maximum atomic E-state index is 11.1. The van der Waals surface area contributed by atoms with Gasteiger partial charge in [0, 0.05) is 6.08 Å². The van der Waals surface area contributed by atoms with Crippen LogP contribution in [0, 0.1) is 0 Å². The number of hydrogen-bond donors (Lipinski definition) is 0. The van der Waals surface area contributed by atoms with Crippen LogP contribution in [0.15, 0.2) is 55.1 Å². The first-order chi connectivity index (χ1) is 7.15. The van der Waals surface area contributed by atoms with E-state index in [4.69, 9.17) is 4.74 Å². The molecule has 0 bridgehead atoms. The molecule has 78 valence electrons. The lowest BCUT2D eigenvalue weighted by atomic mass is 10.0. The van der Waals surface area contributed by atoms with Gasteiger partial charge in [0.05, 0.1) is 0 Å². The average Bonchev–Trinajstić information content (AvgIpc) is 2.26. The number of benzene rings is 1. The van der Waals surface area contributed by atoms with Gasteiger partial charge in [-0.15, -0.1) is 0 Å². The van der Waals surface area contributed by atoms with Crippen molar-refractivity contribution >= 4 is 5.97 Å². The Bertz CT molecular complexity index is 365. The molecule has 1 rings (SSSR count). The van der Waals surface area contributed by atoms with E-state index in [-0.39, 0.29) is 0 Å². The molecule has 1 aromatic rings. The number of carbonyl (C=O) groups excluding carboxylic acids is 1. The lowest BCUT2D eigenvalue weighted by Gasteiger charge is -2.17. The van der Waals surface area contributed by atoms with Crippen molar-refractivity contribution in [2.45, 2.75) is 13.0 Å². The molecule has 0 heterocycles. The maximum absolute atomic E-state index is 11.1. The molecule has 0 radical (unpaired) electrons. The van der Waals surface area contributed by atoms with Crippen LogP contribution in [-0.2, 0) is 9.53 Å². The van der Waals surface area contributed by atoms with Crippen LogP contribution in [0.5, 0.6) is 0 Å². The summed E-state index contributed by atoms with van der Waals surface area (Å²) in [5, 5.41) is 0. The monoisotopic (exact) mass is 202 g/mol. The second kappa shape index (κ2) is 5.15. The minimum atomic E-state index is -0.438. The molecule has 0 spiro atoms. The molecule has 0 amide bonds. The predicted octanol–water partition coefficient (Wildman–Crippen LogP) is 3.03. The minimum Gasteiger partial charge on any atom is -0.450 e. The first-order valence-electron chi connectivity index (χ1n) is 4.68. The molecule has 0 aromatic heterocycles. The van der Waals surface area contributed by atoms with Gasteiger partial charge in [-0.2, -0.15) is 0 Å².